The van der Waals surface area contributed by atoms with Gasteiger partial charge in [0.15, 0.2) is 5.82 Å². The van der Waals surface area contributed by atoms with Gasteiger partial charge in [0, 0.05) is 11.8 Å². The Morgan fingerprint density at radius 1 is 1.50 bits per heavy atom. The highest BCUT2D eigenvalue weighted by atomic mass is 79.9. The number of rotatable bonds is 3. The molecule has 0 amide bonds. The molecule has 0 aliphatic heterocycles. The van der Waals surface area contributed by atoms with Gasteiger partial charge >= 0.3 is 5.97 Å². The highest BCUT2D eigenvalue weighted by molar-refractivity contribution is 9.10. The van der Waals surface area contributed by atoms with Crippen molar-refractivity contribution in [2.75, 3.05) is 0 Å². The number of nitro groups is 1. The number of carboxylic acid groups (broad SMARTS) is 1. The van der Waals surface area contributed by atoms with Crippen LogP contribution in [0.5, 0.6) is 0 Å². The molecular weight excluding hydrogens is 332 g/mol. The molecule has 0 bridgehead atoms. The molecule has 1 N–H and O–H groups in total. The van der Waals surface area contributed by atoms with Crippen LogP contribution in [0.1, 0.15) is 21.6 Å². The van der Waals surface area contributed by atoms with Crippen LogP contribution in [-0.4, -0.2) is 30.8 Å². The van der Waals surface area contributed by atoms with Gasteiger partial charge in [-0.3, -0.25) is 10.1 Å². The minimum Gasteiger partial charge on any atom is -0.478 e. The number of hydrogen-bond donors (Lipinski definition) is 1. The first-order valence-electron chi connectivity index (χ1n) is 5.42. The number of carbonyl (C=O) groups is 1. The molecule has 2 heterocycles. The molecule has 0 aliphatic carbocycles. The molecule has 2 aromatic rings. The lowest BCUT2D eigenvalue weighted by atomic mass is 10.2. The summed E-state index contributed by atoms with van der Waals surface area (Å²) in [4.78, 5) is 25.2. The SMILES string of the molecule is Cc1nn(-c2ncc([N+](=O)[O-])c(C)c2Br)cc1C(=O)O. The molecule has 0 fully saturated rings. The summed E-state index contributed by atoms with van der Waals surface area (Å²) < 4.78 is 1.67. The normalized spacial score (nSPS) is 10.6. The van der Waals surface area contributed by atoms with Crippen molar-refractivity contribution in [3.05, 3.63) is 43.8 Å². The summed E-state index contributed by atoms with van der Waals surface area (Å²) in [6.07, 6.45) is 2.43. The van der Waals surface area contributed by atoms with E-state index in [-0.39, 0.29) is 11.3 Å². The highest BCUT2D eigenvalue weighted by Crippen LogP contribution is 2.29. The number of aromatic nitrogens is 3. The van der Waals surface area contributed by atoms with Crippen molar-refractivity contribution in [2.45, 2.75) is 13.8 Å². The molecule has 8 nitrogen and oxygen atoms in total. The Morgan fingerprint density at radius 2 is 2.15 bits per heavy atom. The predicted octanol–water partition coefficient (Wildman–Crippen LogP) is 2.25. The molecule has 0 unspecified atom stereocenters. The number of aryl methyl sites for hydroxylation is 1. The molecule has 2 aromatic heterocycles. The number of carboxylic acids is 1. The second kappa shape index (κ2) is 5.00. The largest absolute Gasteiger partial charge is 0.478 e. The van der Waals surface area contributed by atoms with Gasteiger partial charge in [0.2, 0.25) is 0 Å². The minimum absolute atomic E-state index is 0.0507. The van der Waals surface area contributed by atoms with Crippen molar-refractivity contribution in [1.82, 2.24) is 14.8 Å². The lowest BCUT2D eigenvalue weighted by Gasteiger charge is -2.06. The summed E-state index contributed by atoms with van der Waals surface area (Å²) in [6, 6.07) is 0. The second-order valence-electron chi connectivity index (χ2n) is 4.04. The topological polar surface area (TPSA) is 111 Å². The average molecular weight is 341 g/mol. The molecule has 0 atom stereocenters. The minimum atomic E-state index is -1.09. The van der Waals surface area contributed by atoms with Crippen LogP contribution in [0.3, 0.4) is 0 Å². The van der Waals surface area contributed by atoms with Gasteiger partial charge in [0.05, 0.1) is 15.1 Å². The van der Waals surface area contributed by atoms with Crippen LogP contribution in [0.2, 0.25) is 0 Å². The Balaban J connectivity index is 2.60. The summed E-state index contributed by atoms with van der Waals surface area (Å²) in [5.74, 6) is -0.799. The number of halogens is 1. The van der Waals surface area contributed by atoms with Crippen LogP contribution in [0.25, 0.3) is 5.82 Å². The molecule has 9 heteroatoms. The zero-order chi connectivity index (χ0) is 15.0. The van der Waals surface area contributed by atoms with E-state index in [1.54, 1.807) is 13.8 Å². The summed E-state index contributed by atoms with van der Waals surface area (Å²) in [6.45, 7) is 3.13. The fraction of sp³-hybridized carbons (Fsp3) is 0.182. The molecule has 0 saturated heterocycles. The number of aromatic carboxylic acids is 1. The van der Waals surface area contributed by atoms with Gasteiger partial charge in [-0.05, 0) is 29.8 Å². The van der Waals surface area contributed by atoms with Crippen LogP contribution in [0.4, 0.5) is 5.69 Å². The first-order valence-corrected chi connectivity index (χ1v) is 6.21. The molecule has 0 spiro atoms. The Hall–Kier alpha value is -2.29. The number of pyridine rings is 1. The Kier molecular flexibility index (Phi) is 3.53. The van der Waals surface area contributed by atoms with E-state index in [4.69, 9.17) is 5.11 Å². The first kappa shape index (κ1) is 14.1. The molecular formula is C11H9BrN4O4. The van der Waals surface area contributed by atoms with E-state index in [0.29, 0.717) is 21.5 Å². The Morgan fingerprint density at radius 3 is 2.65 bits per heavy atom. The molecule has 0 aliphatic rings. The van der Waals surface area contributed by atoms with Gasteiger partial charge in [-0.1, -0.05) is 0 Å². The van der Waals surface area contributed by atoms with Crippen LogP contribution >= 0.6 is 15.9 Å². The maximum atomic E-state index is 11.0. The van der Waals surface area contributed by atoms with Gasteiger partial charge in [-0.15, -0.1) is 0 Å². The van der Waals surface area contributed by atoms with Gasteiger partial charge in [-0.2, -0.15) is 5.10 Å². The van der Waals surface area contributed by atoms with Crippen molar-refractivity contribution in [3.63, 3.8) is 0 Å². The van der Waals surface area contributed by atoms with Gasteiger partial charge in [-0.25, -0.2) is 14.5 Å². The third kappa shape index (κ3) is 2.27. The van der Waals surface area contributed by atoms with Crippen LogP contribution in [-0.2, 0) is 0 Å². The zero-order valence-electron chi connectivity index (χ0n) is 10.5. The third-order valence-electron chi connectivity index (χ3n) is 2.76. The van der Waals surface area contributed by atoms with E-state index in [9.17, 15) is 14.9 Å². The molecule has 20 heavy (non-hydrogen) atoms. The molecule has 2 rings (SSSR count). The van der Waals surface area contributed by atoms with E-state index in [2.05, 4.69) is 26.0 Å². The summed E-state index contributed by atoms with van der Waals surface area (Å²) >= 11 is 3.23. The summed E-state index contributed by atoms with van der Waals surface area (Å²) in [7, 11) is 0. The zero-order valence-corrected chi connectivity index (χ0v) is 12.1. The van der Waals surface area contributed by atoms with Crippen molar-refractivity contribution >= 4 is 27.6 Å². The quantitative estimate of drug-likeness (QED) is 0.677. The third-order valence-corrected chi connectivity index (χ3v) is 3.71. The van der Waals surface area contributed by atoms with Crippen molar-refractivity contribution in [3.8, 4) is 5.82 Å². The highest BCUT2D eigenvalue weighted by Gasteiger charge is 2.20. The Bertz CT molecular complexity index is 725. The first-order chi connectivity index (χ1) is 9.32. The fourth-order valence-electron chi connectivity index (χ4n) is 1.68. The van der Waals surface area contributed by atoms with E-state index < -0.39 is 10.9 Å². The molecule has 0 aromatic carbocycles. The van der Waals surface area contributed by atoms with Crippen LogP contribution in [0, 0.1) is 24.0 Å². The molecule has 0 radical (unpaired) electrons. The van der Waals surface area contributed by atoms with E-state index >= 15 is 0 Å². The maximum absolute atomic E-state index is 11.0. The predicted molar refractivity (Wildman–Crippen MR) is 72.1 cm³/mol. The second-order valence-corrected chi connectivity index (χ2v) is 4.83. The summed E-state index contributed by atoms with van der Waals surface area (Å²) in [5.41, 5.74) is 0.657. The van der Waals surface area contributed by atoms with Gasteiger partial charge < -0.3 is 5.11 Å². The maximum Gasteiger partial charge on any atom is 0.339 e. The number of nitrogens with zero attached hydrogens (tertiary/aromatic N) is 4. The van der Waals surface area contributed by atoms with E-state index in [0.717, 1.165) is 6.20 Å². The monoisotopic (exact) mass is 340 g/mol. The van der Waals surface area contributed by atoms with Gasteiger partial charge in [0.1, 0.15) is 11.8 Å². The van der Waals surface area contributed by atoms with Crippen molar-refractivity contribution in [2.24, 2.45) is 0 Å². The smallest absolute Gasteiger partial charge is 0.339 e. The van der Waals surface area contributed by atoms with Gasteiger partial charge in [0.25, 0.3) is 5.69 Å². The average Bonchev–Trinajstić information content (AvgIpc) is 2.74. The van der Waals surface area contributed by atoms with Crippen LogP contribution < -0.4 is 0 Å². The van der Waals surface area contributed by atoms with Crippen molar-refractivity contribution < 1.29 is 14.8 Å². The molecule has 0 saturated carbocycles. The molecule has 104 valence electrons. The number of hydrogen-bond acceptors (Lipinski definition) is 5. The lowest BCUT2D eigenvalue weighted by Crippen LogP contribution is -2.03. The van der Waals surface area contributed by atoms with Crippen molar-refractivity contribution in [1.29, 1.82) is 0 Å². The summed E-state index contributed by atoms with van der Waals surface area (Å²) in [5, 5.41) is 23.9. The van der Waals surface area contributed by atoms with E-state index in [1.165, 1.54) is 10.9 Å². The Labute approximate surface area is 121 Å². The van der Waals surface area contributed by atoms with E-state index in [1.807, 2.05) is 0 Å². The fourth-order valence-corrected chi connectivity index (χ4v) is 2.17. The standard InChI is InChI=1S/C11H9BrN4O4/c1-5-8(16(19)20)3-13-10(9(5)12)15-4-7(11(17)18)6(2)14-15/h3-4H,1-2H3,(H,17,18). The van der Waals surface area contributed by atoms with Crippen LogP contribution in [0.15, 0.2) is 16.9 Å². The lowest BCUT2D eigenvalue weighted by molar-refractivity contribution is -0.385.